The molecule has 5 nitrogen and oxygen atoms in total. The average Bonchev–Trinajstić information content (AvgIpc) is 2.74. The molecule has 17 heavy (non-hydrogen) atoms. The van der Waals surface area contributed by atoms with Crippen LogP contribution in [0.4, 0.5) is 0 Å². The maximum absolute atomic E-state index is 12.2. The number of hydrogen-bond donors (Lipinski definition) is 2. The average molecular weight is 239 g/mol. The number of nitrogens with one attached hydrogen (secondary N) is 1. The molecular weight excluding hydrogens is 218 g/mol. The van der Waals surface area contributed by atoms with E-state index in [9.17, 15) is 4.79 Å². The number of aromatic nitrogens is 2. The van der Waals surface area contributed by atoms with Gasteiger partial charge in [0.2, 0.25) is 0 Å². The number of aliphatic hydroxyl groups is 1. The fourth-order valence-electron chi connectivity index (χ4n) is 1.63. The molecule has 1 aromatic heterocycles. The first-order valence-electron chi connectivity index (χ1n) is 5.83. The van der Waals surface area contributed by atoms with Crippen molar-refractivity contribution >= 4 is 5.91 Å². The summed E-state index contributed by atoms with van der Waals surface area (Å²) in [6, 6.07) is 1.66. The second kappa shape index (κ2) is 5.82. The van der Waals surface area contributed by atoms with E-state index in [1.165, 1.54) is 0 Å². The van der Waals surface area contributed by atoms with Crippen LogP contribution in [0.25, 0.3) is 0 Å². The minimum atomic E-state index is -0.0640. The molecule has 0 bridgehead atoms. The van der Waals surface area contributed by atoms with Gasteiger partial charge in [0, 0.05) is 25.9 Å². The van der Waals surface area contributed by atoms with Gasteiger partial charge in [0.1, 0.15) is 5.69 Å². The maximum Gasteiger partial charge on any atom is 0.271 e. The minimum absolute atomic E-state index is 0.0329. The Morgan fingerprint density at radius 3 is 2.71 bits per heavy atom. The van der Waals surface area contributed by atoms with Crippen molar-refractivity contribution in [2.45, 2.75) is 27.2 Å². The zero-order valence-electron chi connectivity index (χ0n) is 10.7. The zero-order valence-corrected chi connectivity index (χ0v) is 10.7. The van der Waals surface area contributed by atoms with E-state index < -0.39 is 0 Å². The molecule has 5 heteroatoms. The highest BCUT2D eigenvalue weighted by molar-refractivity contribution is 5.92. The number of aliphatic hydroxyl groups excluding tert-OH is 1. The molecule has 96 valence electrons. The Morgan fingerprint density at radius 1 is 1.53 bits per heavy atom. The van der Waals surface area contributed by atoms with Crippen LogP contribution in [0.15, 0.2) is 12.3 Å². The summed E-state index contributed by atoms with van der Waals surface area (Å²) in [7, 11) is 0. The number of rotatable bonds is 5. The van der Waals surface area contributed by atoms with E-state index in [0.717, 1.165) is 0 Å². The third kappa shape index (κ3) is 4.56. The Labute approximate surface area is 102 Å². The van der Waals surface area contributed by atoms with Crippen LogP contribution in [0.2, 0.25) is 0 Å². The number of H-pyrrole nitrogens is 1. The van der Waals surface area contributed by atoms with Crippen LogP contribution < -0.4 is 0 Å². The first-order valence-corrected chi connectivity index (χ1v) is 5.83. The molecular formula is C12H21N3O2. The third-order valence-electron chi connectivity index (χ3n) is 2.27. The largest absolute Gasteiger partial charge is 0.396 e. The molecule has 1 heterocycles. The van der Waals surface area contributed by atoms with Crippen LogP contribution >= 0.6 is 0 Å². The Balaban J connectivity index is 2.72. The van der Waals surface area contributed by atoms with Crippen LogP contribution in [-0.2, 0) is 0 Å². The smallest absolute Gasteiger partial charge is 0.271 e. The SMILES string of the molecule is CC(C)(C)CN(CCCO)C(=O)c1ccn[nH]1. The van der Waals surface area contributed by atoms with Crippen LogP contribution in [0, 0.1) is 5.41 Å². The summed E-state index contributed by atoms with van der Waals surface area (Å²) in [5.41, 5.74) is 0.526. The van der Waals surface area contributed by atoms with Gasteiger partial charge in [0.05, 0.1) is 0 Å². The summed E-state index contributed by atoms with van der Waals surface area (Å²) in [5, 5.41) is 15.3. The number of aromatic amines is 1. The van der Waals surface area contributed by atoms with Crippen LogP contribution in [0.3, 0.4) is 0 Å². The lowest BCUT2D eigenvalue weighted by molar-refractivity contribution is 0.0676. The molecule has 1 rings (SSSR count). The fraction of sp³-hybridized carbons (Fsp3) is 0.667. The molecule has 0 spiro atoms. The summed E-state index contributed by atoms with van der Waals surface area (Å²) in [4.78, 5) is 13.9. The Hall–Kier alpha value is -1.36. The normalized spacial score (nSPS) is 11.5. The Bertz CT molecular complexity index is 341. The van der Waals surface area contributed by atoms with E-state index in [4.69, 9.17) is 5.11 Å². The zero-order chi connectivity index (χ0) is 12.9. The van der Waals surface area contributed by atoms with Crippen molar-refractivity contribution in [2.75, 3.05) is 19.7 Å². The molecule has 1 aromatic rings. The van der Waals surface area contributed by atoms with E-state index >= 15 is 0 Å². The van der Waals surface area contributed by atoms with Gasteiger partial charge in [-0.05, 0) is 17.9 Å². The highest BCUT2D eigenvalue weighted by Gasteiger charge is 2.22. The van der Waals surface area contributed by atoms with Gasteiger partial charge in [-0.1, -0.05) is 20.8 Å². The Kier molecular flexibility index (Phi) is 4.69. The van der Waals surface area contributed by atoms with Crippen molar-refractivity contribution in [1.29, 1.82) is 0 Å². The van der Waals surface area contributed by atoms with Crippen molar-refractivity contribution in [2.24, 2.45) is 5.41 Å². The van der Waals surface area contributed by atoms with Gasteiger partial charge in [-0.25, -0.2) is 0 Å². The lowest BCUT2D eigenvalue weighted by atomic mass is 9.96. The molecule has 0 atom stereocenters. The standard InChI is InChI=1S/C12H21N3O2/c1-12(2,3)9-15(7-4-8-16)11(17)10-5-6-13-14-10/h5-6,16H,4,7-9H2,1-3H3,(H,13,14). The second-order valence-electron chi connectivity index (χ2n) is 5.33. The predicted octanol–water partition coefficient (Wildman–Crippen LogP) is 1.28. The first kappa shape index (κ1) is 13.7. The first-order chi connectivity index (χ1) is 7.94. The van der Waals surface area contributed by atoms with E-state index in [2.05, 4.69) is 31.0 Å². The van der Waals surface area contributed by atoms with Gasteiger partial charge >= 0.3 is 0 Å². The molecule has 0 aliphatic rings. The Morgan fingerprint density at radius 2 is 2.24 bits per heavy atom. The van der Waals surface area contributed by atoms with E-state index in [1.54, 1.807) is 17.2 Å². The van der Waals surface area contributed by atoms with Crippen molar-refractivity contribution in [3.05, 3.63) is 18.0 Å². The monoisotopic (exact) mass is 239 g/mol. The number of amides is 1. The maximum atomic E-state index is 12.2. The molecule has 2 N–H and O–H groups in total. The number of hydrogen-bond acceptors (Lipinski definition) is 3. The number of carbonyl (C=O) groups is 1. The van der Waals surface area contributed by atoms with Crippen LogP contribution in [-0.4, -0.2) is 45.8 Å². The van der Waals surface area contributed by atoms with Crippen molar-refractivity contribution in [1.82, 2.24) is 15.1 Å². The van der Waals surface area contributed by atoms with Gasteiger partial charge < -0.3 is 10.0 Å². The topological polar surface area (TPSA) is 69.2 Å². The summed E-state index contributed by atoms with van der Waals surface area (Å²) in [5.74, 6) is -0.0640. The summed E-state index contributed by atoms with van der Waals surface area (Å²) in [6.07, 6.45) is 2.16. The highest BCUT2D eigenvalue weighted by atomic mass is 16.3. The number of carbonyl (C=O) groups excluding carboxylic acids is 1. The summed E-state index contributed by atoms with van der Waals surface area (Å²) in [6.45, 7) is 7.56. The van der Waals surface area contributed by atoms with E-state index in [-0.39, 0.29) is 17.9 Å². The van der Waals surface area contributed by atoms with Crippen molar-refractivity contribution < 1.29 is 9.90 Å². The van der Waals surface area contributed by atoms with E-state index in [1.807, 2.05) is 0 Å². The summed E-state index contributed by atoms with van der Waals surface area (Å²) < 4.78 is 0. The quantitative estimate of drug-likeness (QED) is 0.813. The van der Waals surface area contributed by atoms with Gasteiger partial charge in [0.25, 0.3) is 5.91 Å². The molecule has 0 saturated heterocycles. The lowest BCUT2D eigenvalue weighted by Crippen LogP contribution is -2.39. The molecule has 0 radical (unpaired) electrons. The third-order valence-corrected chi connectivity index (χ3v) is 2.27. The highest BCUT2D eigenvalue weighted by Crippen LogP contribution is 2.16. The molecule has 0 aromatic carbocycles. The molecule has 0 unspecified atom stereocenters. The number of nitrogens with zero attached hydrogens (tertiary/aromatic N) is 2. The lowest BCUT2D eigenvalue weighted by Gasteiger charge is -2.29. The predicted molar refractivity (Wildman–Crippen MR) is 65.6 cm³/mol. The van der Waals surface area contributed by atoms with Gasteiger partial charge in [-0.3, -0.25) is 9.89 Å². The summed E-state index contributed by atoms with van der Waals surface area (Å²) >= 11 is 0. The van der Waals surface area contributed by atoms with Crippen molar-refractivity contribution in [3.8, 4) is 0 Å². The van der Waals surface area contributed by atoms with Gasteiger partial charge in [0.15, 0.2) is 0 Å². The molecule has 0 aliphatic heterocycles. The van der Waals surface area contributed by atoms with Crippen LogP contribution in [0.1, 0.15) is 37.7 Å². The second-order valence-corrected chi connectivity index (χ2v) is 5.33. The van der Waals surface area contributed by atoms with Crippen LogP contribution in [0.5, 0.6) is 0 Å². The molecule has 0 aliphatic carbocycles. The minimum Gasteiger partial charge on any atom is -0.396 e. The molecule has 0 saturated carbocycles. The van der Waals surface area contributed by atoms with Gasteiger partial charge in [-0.2, -0.15) is 5.10 Å². The fourth-order valence-corrected chi connectivity index (χ4v) is 1.63. The molecule has 0 fully saturated rings. The van der Waals surface area contributed by atoms with E-state index in [0.29, 0.717) is 25.2 Å². The molecule has 1 amide bonds. The van der Waals surface area contributed by atoms with Crippen molar-refractivity contribution in [3.63, 3.8) is 0 Å². The van der Waals surface area contributed by atoms with Gasteiger partial charge in [-0.15, -0.1) is 0 Å².